The molecular weight excluding hydrogens is 806 g/mol. The van der Waals surface area contributed by atoms with Gasteiger partial charge in [0.2, 0.25) is 0 Å². The Morgan fingerprint density at radius 2 is 1.05 bits per heavy atom. The van der Waals surface area contributed by atoms with E-state index in [4.69, 9.17) is 18.5 Å². The summed E-state index contributed by atoms with van der Waals surface area (Å²) in [5, 5.41) is 20.8. The number of unbranched alkanes of at least 4 members (excludes halogenated alkanes) is 18. The number of allylic oxidation sites excluding steroid dienone is 7. The van der Waals surface area contributed by atoms with Crippen LogP contribution in [0.3, 0.4) is 0 Å². The SMILES string of the molecule is CCCCC/C=C\C/C=C\C/C=C\CC(O)C(O)CCCC(=O)OC[C@H](COP(=O)([O-])OCC[N+](C)(C)C)OC(=O)CCCCCCCCCCC/C=C\CCCCCCCC. The Morgan fingerprint density at radius 3 is 1.63 bits per heavy atom. The van der Waals surface area contributed by atoms with E-state index in [1.165, 1.54) is 103 Å². The van der Waals surface area contributed by atoms with E-state index in [9.17, 15) is 29.3 Å². The van der Waals surface area contributed by atoms with Crippen LogP contribution in [0.4, 0.5) is 0 Å². The molecule has 0 amide bonds. The molecule has 0 fully saturated rings. The minimum absolute atomic E-state index is 0.0378. The fourth-order valence-corrected chi connectivity index (χ4v) is 7.25. The second-order valence-corrected chi connectivity index (χ2v) is 19.2. The van der Waals surface area contributed by atoms with E-state index in [1.54, 1.807) is 0 Å². The first-order chi connectivity index (χ1) is 29.8. The number of esters is 2. The van der Waals surface area contributed by atoms with Crippen LogP contribution in [-0.4, -0.2) is 92.5 Å². The molecule has 62 heavy (non-hydrogen) atoms. The van der Waals surface area contributed by atoms with Crippen molar-refractivity contribution in [3.8, 4) is 0 Å². The van der Waals surface area contributed by atoms with E-state index in [-0.39, 0.29) is 32.3 Å². The highest BCUT2D eigenvalue weighted by molar-refractivity contribution is 7.45. The van der Waals surface area contributed by atoms with E-state index in [2.05, 4.69) is 50.3 Å². The normalized spacial score (nSPS) is 14.9. The van der Waals surface area contributed by atoms with Gasteiger partial charge in [0.25, 0.3) is 7.82 Å². The van der Waals surface area contributed by atoms with Gasteiger partial charge >= 0.3 is 11.9 Å². The molecule has 3 unspecified atom stereocenters. The number of nitrogens with zero attached hydrogens (tertiary/aromatic N) is 1. The average molecular weight is 898 g/mol. The van der Waals surface area contributed by atoms with Gasteiger partial charge in [0.15, 0.2) is 6.10 Å². The maximum atomic E-state index is 12.7. The van der Waals surface area contributed by atoms with E-state index in [1.807, 2.05) is 33.3 Å². The minimum Gasteiger partial charge on any atom is -0.756 e. The number of likely N-dealkylation sites (N-methyl/N-ethyl adjacent to an activating group) is 1. The molecule has 4 atom stereocenters. The standard InChI is InChI=1S/C50H92NO10P/c1-6-8-10-12-14-16-18-20-21-22-23-24-25-26-28-30-32-34-36-40-50(55)61-46(45-60-62(56,57)59-43-42-51(3,4)5)44-58-49(54)41-37-39-48(53)47(52)38-35-33-31-29-27-19-17-15-13-11-9-7-2/h15,17,20-21,27,29,33,35,46-48,52-53H,6-14,16,18-19,22-26,28,30-32,34,36-45H2,1-5H3/b17-15-,21-20-,29-27-,35-33-/t46-,47?,48?/m1/s1. The molecule has 0 aromatic heterocycles. The van der Waals surface area contributed by atoms with Gasteiger partial charge in [-0.3, -0.25) is 14.2 Å². The Kier molecular flexibility index (Phi) is 40.2. The number of carbonyl (C=O) groups is 2. The summed E-state index contributed by atoms with van der Waals surface area (Å²) in [7, 11) is 1.01. The summed E-state index contributed by atoms with van der Waals surface area (Å²) in [4.78, 5) is 37.7. The average Bonchev–Trinajstić information content (AvgIpc) is 3.22. The number of ether oxygens (including phenoxy) is 2. The van der Waals surface area contributed by atoms with Gasteiger partial charge in [-0.1, -0.05) is 152 Å². The van der Waals surface area contributed by atoms with Gasteiger partial charge in [-0.05, 0) is 77.0 Å². The van der Waals surface area contributed by atoms with Crippen LogP contribution in [0.1, 0.15) is 194 Å². The molecule has 0 rings (SSSR count). The minimum atomic E-state index is -4.70. The Balaban J connectivity index is 4.51. The molecule has 0 aliphatic carbocycles. The monoisotopic (exact) mass is 898 g/mol. The first kappa shape index (κ1) is 59.9. The topological polar surface area (TPSA) is 152 Å². The molecule has 2 N–H and O–H groups in total. The lowest BCUT2D eigenvalue weighted by Gasteiger charge is -2.28. The molecule has 362 valence electrons. The zero-order valence-electron chi connectivity index (χ0n) is 40.0. The lowest BCUT2D eigenvalue weighted by atomic mass is 10.0. The predicted octanol–water partition coefficient (Wildman–Crippen LogP) is 11.6. The lowest BCUT2D eigenvalue weighted by Crippen LogP contribution is -2.37. The van der Waals surface area contributed by atoms with Crippen molar-refractivity contribution in [3.63, 3.8) is 0 Å². The van der Waals surface area contributed by atoms with Gasteiger partial charge in [0.1, 0.15) is 19.8 Å². The smallest absolute Gasteiger partial charge is 0.306 e. The Labute approximate surface area is 379 Å². The maximum absolute atomic E-state index is 12.7. The summed E-state index contributed by atoms with van der Waals surface area (Å²) in [5.74, 6) is -1.12. The van der Waals surface area contributed by atoms with Crippen molar-refractivity contribution in [1.82, 2.24) is 0 Å². The number of hydrogen-bond acceptors (Lipinski definition) is 10. The van der Waals surface area contributed by atoms with Crippen LogP contribution in [0.15, 0.2) is 48.6 Å². The fourth-order valence-electron chi connectivity index (χ4n) is 6.52. The summed E-state index contributed by atoms with van der Waals surface area (Å²) in [6, 6.07) is 0. The number of aliphatic hydroxyl groups excluding tert-OH is 2. The molecule has 0 heterocycles. The van der Waals surface area contributed by atoms with Gasteiger partial charge in [0.05, 0.1) is 40.0 Å². The van der Waals surface area contributed by atoms with Gasteiger partial charge in [0, 0.05) is 12.8 Å². The molecular formula is C50H92NO10P. The first-order valence-electron chi connectivity index (χ1n) is 24.5. The first-order valence-corrected chi connectivity index (χ1v) is 26.0. The van der Waals surface area contributed by atoms with Crippen LogP contribution in [-0.2, 0) is 32.7 Å². The highest BCUT2D eigenvalue weighted by Gasteiger charge is 2.22. The molecule has 0 radical (unpaired) electrons. The maximum Gasteiger partial charge on any atom is 0.306 e. The van der Waals surface area contributed by atoms with E-state index >= 15 is 0 Å². The highest BCUT2D eigenvalue weighted by atomic mass is 31.2. The molecule has 0 aliphatic heterocycles. The van der Waals surface area contributed by atoms with Crippen molar-refractivity contribution < 1.29 is 52.3 Å². The lowest BCUT2D eigenvalue weighted by molar-refractivity contribution is -0.870. The van der Waals surface area contributed by atoms with Crippen molar-refractivity contribution in [2.75, 3.05) is 47.5 Å². The number of quaternary nitrogens is 1. The van der Waals surface area contributed by atoms with Crippen molar-refractivity contribution in [2.24, 2.45) is 0 Å². The Morgan fingerprint density at radius 1 is 0.581 bits per heavy atom. The van der Waals surface area contributed by atoms with E-state index in [0.717, 1.165) is 38.5 Å². The zero-order chi connectivity index (χ0) is 46.0. The number of hydrogen-bond donors (Lipinski definition) is 2. The Hall–Kier alpha value is -2.11. The van der Waals surface area contributed by atoms with E-state index < -0.39 is 51.3 Å². The molecule has 0 spiro atoms. The second kappa shape index (κ2) is 41.6. The third-order valence-corrected chi connectivity index (χ3v) is 11.5. The summed E-state index contributed by atoms with van der Waals surface area (Å²) >= 11 is 0. The van der Waals surface area contributed by atoms with Gasteiger partial charge in [-0.2, -0.15) is 0 Å². The van der Waals surface area contributed by atoms with Gasteiger partial charge in [-0.25, -0.2) is 0 Å². The van der Waals surface area contributed by atoms with Gasteiger partial charge in [-0.15, -0.1) is 0 Å². The van der Waals surface area contributed by atoms with Crippen LogP contribution in [0.2, 0.25) is 0 Å². The van der Waals surface area contributed by atoms with Crippen LogP contribution in [0.25, 0.3) is 0 Å². The fraction of sp³-hybridized carbons (Fsp3) is 0.800. The molecule has 0 aromatic rings. The number of phosphoric ester groups is 1. The van der Waals surface area contributed by atoms with Crippen LogP contribution in [0, 0.1) is 0 Å². The van der Waals surface area contributed by atoms with Crippen LogP contribution in [0.5, 0.6) is 0 Å². The summed E-state index contributed by atoms with van der Waals surface area (Å²) in [6.45, 7) is 3.87. The molecule has 0 bridgehead atoms. The molecule has 0 saturated heterocycles. The number of carbonyl (C=O) groups excluding carboxylic acids is 2. The summed E-state index contributed by atoms with van der Waals surface area (Å²) < 4.78 is 33.8. The molecule has 0 aromatic carbocycles. The van der Waals surface area contributed by atoms with Crippen LogP contribution < -0.4 is 4.89 Å². The predicted molar refractivity (Wildman–Crippen MR) is 252 cm³/mol. The van der Waals surface area contributed by atoms with E-state index in [0.29, 0.717) is 23.9 Å². The summed E-state index contributed by atoms with van der Waals surface area (Å²) in [6.07, 6.45) is 41.6. The van der Waals surface area contributed by atoms with Gasteiger partial charge < -0.3 is 38.1 Å². The molecule has 12 heteroatoms. The zero-order valence-corrected chi connectivity index (χ0v) is 40.9. The number of rotatable bonds is 44. The largest absolute Gasteiger partial charge is 0.756 e. The van der Waals surface area contributed by atoms with Crippen molar-refractivity contribution >= 4 is 19.8 Å². The van der Waals surface area contributed by atoms with Crippen molar-refractivity contribution in [1.29, 1.82) is 0 Å². The summed E-state index contributed by atoms with van der Waals surface area (Å²) in [5.41, 5.74) is 0. The number of aliphatic hydroxyl groups is 2. The molecule has 0 aliphatic rings. The van der Waals surface area contributed by atoms with Crippen molar-refractivity contribution in [3.05, 3.63) is 48.6 Å². The highest BCUT2D eigenvalue weighted by Crippen LogP contribution is 2.38. The second-order valence-electron chi connectivity index (χ2n) is 17.8. The third kappa shape index (κ3) is 43.2. The van der Waals surface area contributed by atoms with Crippen LogP contribution >= 0.6 is 7.82 Å². The quantitative estimate of drug-likeness (QED) is 0.0199. The third-order valence-electron chi connectivity index (χ3n) is 10.5. The Bertz CT molecular complexity index is 1230. The number of phosphoric acid groups is 1. The molecule has 0 saturated carbocycles. The van der Waals surface area contributed by atoms with Crippen molar-refractivity contribution in [2.45, 2.75) is 212 Å². The molecule has 11 nitrogen and oxygen atoms in total.